The molecule has 0 fully saturated rings. The molecule has 0 radical (unpaired) electrons. The van der Waals surface area contributed by atoms with Gasteiger partial charge in [-0.25, -0.2) is 9.07 Å². The summed E-state index contributed by atoms with van der Waals surface area (Å²) >= 11 is 3.39. The first kappa shape index (κ1) is 11.2. The van der Waals surface area contributed by atoms with Gasteiger partial charge in [0.2, 0.25) is 0 Å². The molecule has 0 aliphatic heterocycles. The van der Waals surface area contributed by atoms with E-state index in [4.69, 9.17) is 0 Å². The maximum absolute atomic E-state index is 13.0. The molecule has 0 spiro atoms. The summed E-state index contributed by atoms with van der Waals surface area (Å²) in [5.41, 5.74) is 1.51. The predicted octanol–water partition coefficient (Wildman–Crippen LogP) is 3.63. The number of halogens is 2. The first-order chi connectivity index (χ1) is 8.65. The Kier molecular flexibility index (Phi) is 2.56. The van der Waals surface area contributed by atoms with E-state index >= 15 is 0 Å². The van der Waals surface area contributed by atoms with E-state index in [1.54, 1.807) is 16.9 Å². The van der Waals surface area contributed by atoms with Gasteiger partial charge in [-0.05, 0) is 30.3 Å². The van der Waals surface area contributed by atoms with Gasteiger partial charge in [0.15, 0.2) is 11.6 Å². The summed E-state index contributed by atoms with van der Waals surface area (Å²) in [6, 6.07) is 9.91. The third kappa shape index (κ3) is 1.76. The molecule has 5 heteroatoms. The fraction of sp³-hybridized carbons (Fsp3) is 0. The van der Waals surface area contributed by atoms with Crippen LogP contribution in [-0.2, 0) is 0 Å². The van der Waals surface area contributed by atoms with Gasteiger partial charge in [-0.2, -0.15) is 5.10 Å². The summed E-state index contributed by atoms with van der Waals surface area (Å²) in [6.07, 6.45) is 1.72. The van der Waals surface area contributed by atoms with E-state index in [-0.39, 0.29) is 5.75 Å². The summed E-state index contributed by atoms with van der Waals surface area (Å²) in [7, 11) is 0. The Labute approximate surface area is 111 Å². The van der Waals surface area contributed by atoms with Crippen LogP contribution in [0.2, 0.25) is 0 Å². The molecule has 2 aromatic carbocycles. The van der Waals surface area contributed by atoms with Crippen LogP contribution in [-0.4, -0.2) is 14.9 Å². The van der Waals surface area contributed by atoms with E-state index in [0.29, 0.717) is 5.69 Å². The second-order valence-electron chi connectivity index (χ2n) is 3.90. The lowest BCUT2D eigenvalue weighted by molar-refractivity contribution is 0.432. The lowest BCUT2D eigenvalue weighted by atomic mass is 10.2. The van der Waals surface area contributed by atoms with E-state index in [0.717, 1.165) is 15.4 Å². The fourth-order valence-corrected chi connectivity index (χ4v) is 2.22. The Hall–Kier alpha value is -1.88. The second-order valence-corrected chi connectivity index (χ2v) is 4.81. The number of aromatic nitrogens is 2. The molecule has 1 aromatic heterocycles. The minimum atomic E-state index is -0.641. The van der Waals surface area contributed by atoms with Crippen LogP contribution in [0.3, 0.4) is 0 Å². The summed E-state index contributed by atoms with van der Waals surface area (Å²) in [6.45, 7) is 0. The van der Waals surface area contributed by atoms with Gasteiger partial charge < -0.3 is 5.11 Å². The van der Waals surface area contributed by atoms with E-state index in [9.17, 15) is 9.50 Å². The van der Waals surface area contributed by atoms with Gasteiger partial charge in [-0.15, -0.1) is 0 Å². The van der Waals surface area contributed by atoms with Crippen LogP contribution in [0.15, 0.2) is 47.1 Å². The molecule has 90 valence electrons. The van der Waals surface area contributed by atoms with Crippen molar-refractivity contribution in [3.8, 4) is 11.4 Å². The number of hydrogen-bond acceptors (Lipinski definition) is 2. The molecule has 0 saturated heterocycles. The fourth-order valence-electron chi connectivity index (χ4n) is 1.84. The van der Waals surface area contributed by atoms with E-state index in [2.05, 4.69) is 21.0 Å². The zero-order valence-electron chi connectivity index (χ0n) is 9.14. The van der Waals surface area contributed by atoms with E-state index in [1.807, 2.05) is 18.2 Å². The van der Waals surface area contributed by atoms with Gasteiger partial charge in [0.1, 0.15) is 0 Å². The molecule has 0 aliphatic carbocycles. The topological polar surface area (TPSA) is 38.0 Å². The molecule has 0 bridgehead atoms. The highest BCUT2D eigenvalue weighted by atomic mass is 79.9. The van der Waals surface area contributed by atoms with Gasteiger partial charge >= 0.3 is 0 Å². The maximum Gasteiger partial charge on any atom is 0.164 e. The smallest absolute Gasteiger partial charge is 0.164 e. The van der Waals surface area contributed by atoms with Crippen LogP contribution in [0.5, 0.6) is 5.75 Å². The Morgan fingerprint density at radius 1 is 1.17 bits per heavy atom. The normalized spacial score (nSPS) is 11.0. The van der Waals surface area contributed by atoms with Gasteiger partial charge in [-0.3, -0.25) is 0 Å². The number of rotatable bonds is 1. The second kappa shape index (κ2) is 4.10. The van der Waals surface area contributed by atoms with Crippen LogP contribution in [0.4, 0.5) is 4.39 Å². The van der Waals surface area contributed by atoms with E-state index in [1.165, 1.54) is 12.1 Å². The number of hydrogen-bond donors (Lipinski definition) is 1. The SMILES string of the molecule is Oc1cc(-n2ncc3cc(Br)ccc32)ccc1F. The average Bonchev–Trinajstić information content (AvgIpc) is 2.75. The number of nitrogens with zero attached hydrogens (tertiary/aromatic N) is 2. The molecule has 0 amide bonds. The molecular weight excluding hydrogens is 299 g/mol. The zero-order chi connectivity index (χ0) is 12.7. The molecule has 0 atom stereocenters. The van der Waals surface area contributed by atoms with Crippen LogP contribution >= 0.6 is 15.9 Å². The molecule has 0 saturated carbocycles. The standard InChI is InChI=1S/C13H8BrFN2O/c14-9-1-4-12-8(5-9)7-16-17(12)10-2-3-11(15)13(18)6-10/h1-7,18H. The lowest BCUT2D eigenvalue weighted by Crippen LogP contribution is -1.96. The van der Waals surface area contributed by atoms with Crippen molar-refractivity contribution < 1.29 is 9.50 Å². The van der Waals surface area contributed by atoms with Gasteiger partial charge in [0, 0.05) is 15.9 Å². The van der Waals surface area contributed by atoms with Crippen molar-refractivity contribution >= 4 is 26.8 Å². The summed E-state index contributed by atoms with van der Waals surface area (Å²) in [5.74, 6) is -1.02. The van der Waals surface area contributed by atoms with Crippen molar-refractivity contribution in [1.82, 2.24) is 9.78 Å². The summed E-state index contributed by atoms with van der Waals surface area (Å²) in [4.78, 5) is 0. The van der Waals surface area contributed by atoms with Crippen molar-refractivity contribution in [2.24, 2.45) is 0 Å². The van der Waals surface area contributed by atoms with Crippen molar-refractivity contribution in [2.75, 3.05) is 0 Å². The number of benzene rings is 2. The molecule has 1 heterocycles. The van der Waals surface area contributed by atoms with Crippen molar-refractivity contribution in [3.05, 3.63) is 52.9 Å². The Morgan fingerprint density at radius 3 is 2.78 bits per heavy atom. The minimum Gasteiger partial charge on any atom is -0.505 e. The first-order valence-electron chi connectivity index (χ1n) is 5.27. The van der Waals surface area contributed by atoms with Crippen LogP contribution in [0, 0.1) is 5.82 Å². The number of aromatic hydroxyl groups is 1. The molecule has 0 unspecified atom stereocenters. The van der Waals surface area contributed by atoms with Crippen LogP contribution in [0.1, 0.15) is 0 Å². The van der Waals surface area contributed by atoms with Crippen LogP contribution < -0.4 is 0 Å². The van der Waals surface area contributed by atoms with Gasteiger partial charge in [-0.1, -0.05) is 15.9 Å². The molecular formula is C13H8BrFN2O. The quantitative estimate of drug-likeness (QED) is 0.745. The van der Waals surface area contributed by atoms with Crippen LogP contribution in [0.25, 0.3) is 16.6 Å². The van der Waals surface area contributed by atoms with Crippen molar-refractivity contribution in [3.63, 3.8) is 0 Å². The molecule has 3 nitrogen and oxygen atoms in total. The monoisotopic (exact) mass is 306 g/mol. The number of fused-ring (bicyclic) bond motifs is 1. The Bertz CT molecular complexity index is 739. The third-order valence-corrected chi connectivity index (χ3v) is 3.20. The highest BCUT2D eigenvalue weighted by Gasteiger charge is 2.07. The largest absolute Gasteiger partial charge is 0.505 e. The zero-order valence-corrected chi connectivity index (χ0v) is 10.7. The lowest BCUT2D eigenvalue weighted by Gasteiger charge is -2.04. The first-order valence-corrected chi connectivity index (χ1v) is 6.06. The number of phenols is 1. The minimum absolute atomic E-state index is 0.381. The molecule has 0 aliphatic rings. The Morgan fingerprint density at radius 2 is 2.00 bits per heavy atom. The highest BCUT2D eigenvalue weighted by molar-refractivity contribution is 9.10. The summed E-state index contributed by atoms with van der Waals surface area (Å²) in [5, 5.41) is 14.6. The van der Waals surface area contributed by atoms with Gasteiger partial charge in [0.05, 0.1) is 17.4 Å². The third-order valence-electron chi connectivity index (χ3n) is 2.70. The highest BCUT2D eigenvalue weighted by Crippen LogP contribution is 2.24. The molecule has 18 heavy (non-hydrogen) atoms. The molecule has 1 N–H and O–H groups in total. The maximum atomic E-state index is 13.0. The number of phenolic OH excluding ortho intramolecular Hbond substituents is 1. The average molecular weight is 307 g/mol. The summed E-state index contributed by atoms with van der Waals surface area (Å²) < 4.78 is 15.6. The van der Waals surface area contributed by atoms with Crippen molar-refractivity contribution in [2.45, 2.75) is 0 Å². The van der Waals surface area contributed by atoms with Gasteiger partial charge in [0.25, 0.3) is 0 Å². The molecule has 3 aromatic rings. The Balaban J connectivity index is 2.22. The molecule has 3 rings (SSSR count). The van der Waals surface area contributed by atoms with E-state index < -0.39 is 5.82 Å². The predicted molar refractivity (Wildman–Crippen MR) is 70.4 cm³/mol. The van der Waals surface area contributed by atoms with Crippen molar-refractivity contribution in [1.29, 1.82) is 0 Å².